The van der Waals surface area contributed by atoms with Crippen molar-refractivity contribution in [3.63, 3.8) is 0 Å². The van der Waals surface area contributed by atoms with E-state index in [9.17, 15) is 19.6 Å². The summed E-state index contributed by atoms with van der Waals surface area (Å²) in [7, 11) is 0. The van der Waals surface area contributed by atoms with E-state index in [0.29, 0.717) is 28.3 Å². The van der Waals surface area contributed by atoms with Crippen molar-refractivity contribution in [1.82, 2.24) is 4.90 Å². The van der Waals surface area contributed by atoms with E-state index < -0.39 is 23.9 Å². The normalized spacial score (nSPS) is 13.9. The SMILES string of the molecule is CCOC(=O)c1c(NC(=O)[C@@H](C)OC(=O)c2cc[n+]([O-])cc2)sc2c1CCN(Cc1ccccc1)C2. The number of nitrogens with one attached hydrogen (secondary N) is 1. The van der Waals surface area contributed by atoms with Crippen molar-refractivity contribution < 1.29 is 28.6 Å². The van der Waals surface area contributed by atoms with Gasteiger partial charge in [0.1, 0.15) is 5.00 Å². The predicted molar refractivity (Wildman–Crippen MR) is 133 cm³/mol. The zero-order valence-electron chi connectivity index (χ0n) is 20.1. The number of aromatic nitrogens is 1. The topological polar surface area (TPSA) is 112 Å². The van der Waals surface area contributed by atoms with Crippen LogP contribution >= 0.6 is 11.3 Å². The molecule has 0 radical (unpaired) electrons. The van der Waals surface area contributed by atoms with Gasteiger partial charge in [-0.2, -0.15) is 4.73 Å². The first-order valence-electron chi connectivity index (χ1n) is 11.6. The second-order valence-electron chi connectivity index (χ2n) is 8.36. The first kappa shape index (κ1) is 25.3. The second kappa shape index (κ2) is 11.3. The Hall–Kier alpha value is -3.76. The molecular formula is C26H27N3O6S. The number of carbonyl (C=O) groups is 3. The second-order valence-corrected chi connectivity index (χ2v) is 9.46. The third kappa shape index (κ3) is 5.89. The molecular weight excluding hydrogens is 482 g/mol. The fourth-order valence-electron chi connectivity index (χ4n) is 3.98. The number of nitrogens with zero attached hydrogens (tertiary/aromatic N) is 2. The minimum Gasteiger partial charge on any atom is -0.619 e. The van der Waals surface area contributed by atoms with Crippen LogP contribution in [0.1, 0.15) is 50.6 Å². The number of hydrogen-bond acceptors (Lipinski definition) is 8. The van der Waals surface area contributed by atoms with Crippen molar-refractivity contribution in [2.24, 2.45) is 0 Å². The van der Waals surface area contributed by atoms with E-state index in [2.05, 4.69) is 22.3 Å². The summed E-state index contributed by atoms with van der Waals surface area (Å²) in [5.41, 5.74) is 2.61. The van der Waals surface area contributed by atoms with E-state index in [0.717, 1.165) is 23.5 Å². The Balaban J connectivity index is 1.49. The number of amides is 1. The molecule has 1 N–H and O–H groups in total. The van der Waals surface area contributed by atoms with Gasteiger partial charge in [0.05, 0.1) is 17.7 Å². The quantitative estimate of drug-likeness (QED) is 0.282. The molecule has 0 bridgehead atoms. The number of thiophene rings is 1. The minimum atomic E-state index is -1.12. The molecule has 0 saturated heterocycles. The van der Waals surface area contributed by atoms with Gasteiger partial charge >= 0.3 is 11.9 Å². The Labute approximate surface area is 212 Å². The summed E-state index contributed by atoms with van der Waals surface area (Å²) in [6.07, 6.45) is 1.87. The lowest BCUT2D eigenvalue weighted by atomic mass is 10.0. The van der Waals surface area contributed by atoms with Crippen LogP contribution in [-0.4, -0.2) is 42.0 Å². The maximum absolute atomic E-state index is 12.9. The zero-order chi connectivity index (χ0) is 25.7. The van der Waals surface area contributed by atoms with Crippen molar-refractivity contribution in [3.8, 4) is 0 Å². The van der Waals surface area contributed by atoms with E-state index in [4.69, 9.17) is 9.47 Å². The highest BCUT2D eigenvalue weighted by Crippen LogP contribution is 2.38. The van der Waals surface area contributed by atoms with Crippen LogP contribution < -0.4 is 10.0 Å². The summed E-state index contributed by atoms with van der Waals surface area (Å²) in [6, 6.07) is 12.8. The van der Waals surface area contributed by atoms with Gasteiger partial charge in [0.15, 0.2) is 18.5 Å². The molecule has 4 rings (SSSR count). The van der Waals surface area contributed by atoms with E-state index in [1.54, 1.807) is 6.92 Å². The van der Waals surface area contributed by atoms with Gasteiger partial charge in [-0.25, -0.2) is 9.59 Å². The summed E-state index contributed by atoms with van der Waals surface area (Å²) in [5.74, 6) is -1.78. The molecule has 1 aliphatic heterocycles. The number of anilines is 1. The molecule has 0 spiro atoms. The predicted octanol–water partition coefficient (Wildman–Crippen LogP) is 3.30. The number of pyridine rings is 1. The van der Waals surface area contributed by atoms with Gasteiger partial charge in [-0.3, -0.25) is 9.69 Å². The zero-order valence-corrected chi connectivity index (χ0v) is 20.9. The lowest BCUT2D eigenvalue weighted by Crippen LogP contribution is -2.31. The van der Waals surface area contributed by atoms with E-state index in [1.807, 2.05) is 18.2 Å². The summed E-state index contributed by atoms with van der Waals surface area (Å²) in [6.45, 7) is 5.60. The molecule has 0 fully saturated rings. The Morgan fingerprint density at radius 1 is 1.14 bits per heavy atom. The molecule has 3 aromatic rings. The lowest BCUT2D eigenvalue weighted by Gasteiger charge is -2.27. The third-order valence-corrected chi connectivity index (χ3v) is 6.92. The van der Waals surface area contributed by atoms with Crippen LogP contribution in [0.15, 0.2) is 54.9 Å². The largest absolute Gasteiger partial charge is 0.619 e. The van der Waals surface area contributed by atoms with Gasteiger partial charge in [-0.1, -0.05) is 30.3 Å². The Bertz CT molecular complexity index is 1240. The summed E-state index contributed by atoms with van der Waals surface area (Å²) < 4.78 is 11.1. The van der Waals surface area contributed by atoms with Gasteiger partial charge in [-0.15, -0.1) is 11.3 Å². The Morgan fingerprint density at radius 2 is 1.86 bits per heavy atom. The molecule has 3 heterocycles. The van der Waals surface area contributed by atoms with Crippen LogP contribution in [0.4, 0.5) is 5.00 Å². The monoisotopic (exact) mass is 509 g/mol. The third-order valence-electron chi connectivity index (χ3n) is 5.79. The van der Waals surface area contributed by atoms with Gasteiger partial charge in [0.25, 0.3) is 5.91 Å². The van der Waals surface area contributed by atoms with Gasteiger partial charge in [0.2, 0.25) is 0 Å². The molecule has 1 aromatic carbocycles. The molecule has 0 unspecified atom stereocenters. The van der Waals surface area contributed by atoms with Crippen LogP contribution in [-0.2, 0) is 33.8 Å². The van der Waals surface area contributed by atoms with Gasteiger partial charge in [-0.05, 0) is 31.4 Å². The molecule has 2 aromatic heterocycles. The number of hydrogen-bond donors (Lipinski definition) is 1. The maximum Gasteiger partial charge on any atom is 0.341 e. The van der Waals surface area contributed by atoms with E-state index in [1.165, 1.54) is 48.4 Å². The number of benzene rings is 1. The molecule has 1 aliphatic rings. The molecule has 1 amide bonds. The van der Waals surface area contributed by atoms with Crippen LogP contribution in [0.5, 0.6) is 0 Å². The molecule has 0 aliphatic carbocycles. The molecule has 36 heavy (non-hydrogen) atoms. The highest BCUT2D eigenvalue weighted by Gasteiger charge is 2.31. The van der Waals surface area contributed by atoms with Crippen molar-refractivity contribution in [2.75, 3.05) is 18.5 Å². The number of rotatable bonds is 8. The fourth-order valence-corrected chi connectivity index (χ4v) is 5.27. The van der Waals surface area contributed by atoms with E-state index in [-0.39, 0.29) is 12.2 Å². The Kier molecular flexibility index (Phi) is 7.97. The number of carbonyl (C=O) groups excluding carboxylic acids is 3. The standard InChI is InChI=1S/C26H27N3O6S/c1-3-34-26(32)22-20-11-12-28(15-18-7-5-4-6-8-18)16-21(20)36-24(22)27-23(30)17(2)35-25(31)19-9-13-29(33)14-10-19/h4-10,13-14,17H,3,11-12,15-16H2,1-2H3,(H,27,30)/t17-/m1/s1. The smallest absolute Gasteiger partial charge is 0.341 e. The Morgan fingerprint density at radius 3 is 2.56 bits per heavy atom. The lowest BCUT2D eigenvalue weighted by molar-refractivity contribution is -0.605. The molecule has 1 atom stereocenters. The van der Waals surface area contributed by atoms with Crippen LogP contribution in [0.25, 0.3) is 0 Å². The highest BCUT2D eigenvalue weighted by molar-refractivity contribution is 7.17. The first-order valence-corrected chi connectivity index (χ1v) is 12.5. The van der Waals surface area contributed by atoms with Crippen LogP contribution in [0.3, 0.4) is 0 Å². The molecule has 0 saturated carbocycles. The minimum absolute atomic E-state index is 0.152. The number of fused-ring (bicyclic) bond motifs is 1. The molecule has 9 nitrogen and oxygen atoms in total. The van der Waals surface area contributed by atoms with Crippen LogP contribution in [0.2, 0.25) is 0 Å². The fraction of sp³-hybridized carbons (Fsp3) is 0.308. The van der Waals surface area contributed by atoms with Gasteiger partial charge < -0.3 is 20.0 Å². The first-order chi connectivity index (χ1) is 17.4. The van der Waals surface area contributed by atoms with E-state index >= 15 is 0 Å². The maximum atomic E-state index is 12.9. The van der Waals surface area contributed by atoms with Crippen LogP contribution in [0, 0.1) is 5.21 Å². The van der Waals surface area contributed by atoms with Crippen molar-refractivity contribution in [2.45, 2.75) is 39.5 Å². The van der Waals surface area contributed by atoms with Crippen molar-refractivity contribution >= 4 is 34.2 Å². The number of esters is 2. The average Bonchev–Trinajstić information content (AvgIpc) is 3.22. The summed E-state index contributed by atoms with van der Waals surface area (Å²) >= 11 is 1.34. The molecule has 10 heteroatoms. The van der Waals surface area contributed by atoms with Crippen molar-refractivity contribution in [3.05, 3.63) is 87.2 Å². The highest BCUT2D eigenvalue weighted by atomic mass is 32.1. The molecule has 188 valence electrons. The summed E-state index contributed by atoms with van der Waals surface area (Å²) in [5, 5.41) is 14.3. The number of ether oxygens (including phenoxy) is 2. The van der Waals surface area contributed by atoms with Crippen molar-refractivity contribution in [1.29, 1.82) is 0 Å². The summed E-state index contributed by atoms with van der Waals surface area (Å²) in [4.78, 5) is 41.3. The average molecular weight is 510 g/mol. The van der Waals surface area contributed by atoms with Gasteiger partial charge in [0, 0.05) is 36.6 Å².